The minimum absolute atomic E-state index is 0.0767. The number of carbonyl (C=O) groups excluding carboxylic acids is 2. The van der Waals surface area contributed by atoms with Gasteiger partial charge in [-0.1, -0.05) is 80.4 Å². The molecule has 0 saturated heterocycles. The quantitative estimate of drug-likeness (QED) is 0.221. The van der Waals surface area contributed by atoms with Crippen LogP contribution in [-0.2, 0) is 29.2 Å². The van der Waals surface area contributed by atoms with Gasteiger partial charge in [-0.05, 0) is 29.2 Å². The zero-order valence-electron chi connectivity index (χ0n) is 19.9. The van der Waals surface area contributed by atoms with Crippen LogP contribution in [0.25, 0.3) is 0 Å². The topological polar surface area (TPSA) is 61.8 Å². The molecule has 3 aromatic rings. The van der Waals surface area contributed by atoms with Gasteiger partial charge in [0.2, 0.25) is 0 Å². The second-order valence-corrected chi connectivity index (χ2v) is 8.17. The molecule has 0 spiro atoms. The van der Waals surface area contributed by atoms with E-state index in [1.54, 1.807) is 12.1 Å². The van der Waals surface area contributed by atoms with Crippen LogP contribution >= 0.6 is 0 Å². The first kappa shape index (κ1) is 25.0. The van der Waals surface area contributed by atoms with Gasteiger partial charge in [0.25, 0.3) is 0 Å². The van der Waals surface area contributed by atoms with E-state index in [1.165, 1.54) is 7.11 Å². The largest absolute Gasteiger partial charge is 0.489 e. The van der Waals surface area contributed by atoms with Crippen LogP contribution in [0.4, 0.5) is 0 Å². The van der Waals surface area contributed by atoms with E-state index in [1.807, 2.05) is 60.7 Å². The number of hydrogen-bond donors (Lipinski definition) is 0. The molecule has 5 heteroatoms. The van der Waals surface area contributed by atoms with Crippen molar-refractivity contribution in [2.45, 2.75) is 52.2 Å². The summed E-state index contributed by atoms with van der Waals surface area (Å²) in [5, 5.41) is 0. The monoisotopic (exact) mass is 460 g/mol. The van der Waals surface area contributed by atoms with Gasteiger partial charge >= 0.3 is 5.97 Å². The standard InChI is InChI=1S/C29H32O5/c1-3-4-7-16-25(30)17-24-18-26(33-20-22-12-8-5-9-13-22)19-27(28(24)29(31)32-2)34-21-23-14-10-6-11-15-23/h5-6,8-15,18-19H,3-4,7,16-17,20-21H2,1-2H3. The Morgan fingerprint density at radius 3 is 2.00 bits per heavy atom. The molecule has 34 heavy (non-hydrogen) atoms. The van der Waals surface area contributed by atoms with Crippen molar-refractivity contribution in [2.24, 2.45) is 0 Å². The lowest BCUT2D eigenvalue weighted by Gasteiger charge is -2.17. The van der Waals surface area contributed by atoms with E-state index in [2.05, 4.69) is 6.92 Å². The molecule has 3 rings (SSSR count). The molecule has 3 aromatic carbocycles. The summed E-state index contributed by atoms with van der Waals surface area (Å²) >= 11 is 0. The molecule has 0 bridgehead atoms. The van der Waals surface area contributed by atoms with Gasteiger partial charge < -0.3 is 14.2 Å². The fraction of sp³-hybridized carbons (Fsp3) is 0.310. The summed E-state index contributed by atoms with van der Waals surface area (Å²) in [6, 6.07) is 23.0. The number of ketones is 1. The summed E-state index contributed by atoms with van der Waals surface area (Å²) in [4.78, 5) is 25.4. The SMILES string of the molecule is CCCCCC(=O)Cc1cc(OCc2ccccc2)cc(OCc2ccccc2)c1C(=O)OC. The van der Waals surface area contributed by atoms with Gasteiger partial charge in [0, 0.05) is 18.9 Å². The van der Waals surface area contributed by atoms with E-state index in [0.717, 1.165) is 30.4 Å². The van der Waals surface area contributed by atoms with Gasteiger partial charge in [-0.3, -0.25) is 4.79 Å². The summed E-state index contributed by atoms with van der Waals surface area (Å²) in [6.07, 6.45) is 3.48. The van der Waals surface area contributed by atoms with E-state index in [4.69, 9.17) is 14.2 Å². The van der Waals surface area contributed by atoms with Gasteiger partial charge in [0.15, 0.2) is 0 Å². The number of unbranched alkanes of at least 4 members (excludes halogenated alkanes) is 2. The molecule has 0 saturated carbocycles. The van der Waals surface area contributed by atoms with Gasteiger partial charge in [0.1, 0.15) is 36.1 Å². The fourth-order valence-electron chi connectivity index (χ4n) is 3.66. The second-order valence-electron chi connectivity index (χ2n) is 8.17. The number of rotatable bonds is 13. The number of Topliss-reactive ketones (excluding diaryl/α,β-unsaturated/α-hetero) is 1. The van der Waals surface area contributed by atoms with Crippen molar-refractivity contribution in [1.29, 1.82) is 0 Å². The number of benzene rings is 3. The minimum atomic E-state index is -0.533. The third-order valence-electron chi connectivity index (χ3n) is 5.48. The Morgan fingerprint density at radius 1 is 0.794 bits per heavy atom. The predicted octanol–water partition coefficient (Wildman–Crippen LogP) is 6.32. The fourth-order valence-corrected chi connectivity index (χ4v) is 3.66. The Bertz CT molecular complexity index is 1060. The molecule has 0 radical (unpaired) electrons. The van der Waals surface area contributed by atoms with E-state index in [-0.39, 0.29) is 24.4 Å². The molecule has 178 valence electrons. The number of ether oxygens (including phenoxy) is 3. The van der Waals surface area contributed by atoms with E-state index < -0.39 is 5.97 Å². The molecule has 5 nitrogen and oxygen atoms in total. The van der Waals surface area contributed by atoms with Gasteiger partial charge in [0.05, 0.1) is 7.11 Å². The molecule has 0 aliphatic heterocycles. The molecular weight excluding hydrogens is 428 g/mol. The Kier molecular flexibility index (Phi) is 9.71. The summed E-state index contributed by atoms with van der Waals surface area (Å²) in [7, 11) is 1.33. The third-order valence-corrected chi connectivity index (χ3v) is 5.48. The maximum Gasteiger partial charge on any atom is 0.341 e. The smallest absolute Gasteiger partial charge is 0.341 e. The Labute approximate surface area is 201 Å². The Morgan fingerprint density at radius 2 is 1.41 bits per heavy atom. The highest BCUT2D eigenvalue weighted by atomic mass is 16.5. The average molecular weight is 461 g/mol. The average Bonchev–Trinajstić information content (AvgIpc) is 2.87. The van der Waals surface area contributed by atoms with Crippen molar-refractivity contribution in [1.82, 2.24) is 0 Å². The highest BCUT2D eigenvalue weighted by Gasteiger charge is 2.22. The number of methoxy groups -OCH3 is 1. The first-order chi connectivity index (χ1) is 16.6. The Hall–Kier alpha value is -3.60. The second kappa shape index (κ2) is 13.2. The molecule has 0 atom stereocenters. The first-order valence-electron chi connectivity index (χ1n) is 11.7. The summed E-state index contributed by atoms with van der Waals surface area (Å²) in [5.74, 6) is 0.426. The molecule has 0 N–H and O–H groups in total. The van der Waals surface area contributed by atoms with Crippen molar-refractivity contribution in [2.75, 3.05) is 7.11 Å². The Balaban J connectivity index is 1.91. The van der Waals surface area contributed by atoms with Crippen LogP contribution in [0.5, 0.6) is 11.5 Å². The predicted molar refractivity (Wildman–Crippen MR) is 132 cm³/mol. The third kappa shape index (κ3) is 7.48. The number of hydrogen-bond acceptors (Lipinski definition) is 5. The van der Waals surface area contributed by atoms with E-state index >= 15 is 0 Å². The van der Waals surface area contributed by atoms with Crippen molar-refractivity contribution in [3.63, 3.8) is 0 Å². The molecular formula is C29H32O5. The zero-order chi connectivity index (χ0) is 24.2. The van der Waals surface area contributed by atoms with Crippen molar-refractivity contribution in [3.05, 3.63) is 95.1 Å². The van der Waals surface area contributed by atoms with Crippen LogP contribution in [0.2, 0.25) is 0 Å². The van der Waals surface area contributed by atoms with Crippen molar-refractivity contribution < 1.29 is 23.8 Å². The van der Waals surface area contributed by atoms with E-state index in [9.17, 15) is 9.59 Å². The summed E-state index contributed by atoms with van der Waals surface area (Å²) < 4.78 is 17.1. The molecule has 0 unspecified atom stereocenters. The normalized spacial score (nSPS) is 10.5. The van der Waals surface area contributed by atoms with E-state index in [0.29, 0.717) is 30.1 Å². The first-order valence-corrected chi connectivity index (χ1v) is 11.7. The van der Waals surface area contributed by atoms with Crippen molar-refractivity contribution >= 4 is 11.8 Å². The van der Waals surface area contributed by atoms with Crippen LogP contribution in [0.15, 0.2) is 72.8 Å². The van der Waals surface area contributed by atoms with Gasteiger partial charge in [-0.2, -0.15) is 0 Å². The maximum atomic E-state index is 12.7. The summed E-state index contributed by atoms with van der Waals surface area (Å²) in [6.45, 7) is 2.74. The highest BCUT2D eigenvalue weighted by molar-refractivity contribution is 5.96. The van der Waals surface area contributed by atoms with Gasteiger partial charge in [-0.25, -0.2) is 4.79 Å². The lowest BCUT2D eigenvalue weighted by Crippen LogP contribution is -2.13. The van der Waals surface area contributed by atoms with Crippen LogP contribution in [0.3, 0.4) is 0 Å². The lowest BCUT2D eigenvalue weighted by atomic mass is 9.98. The number of esters is 1. The molecule has 0 aliphatic carbocycles. The zero-order valence-corrected chi connectivity index (χ0v) is 19.9. The van der Waals surface area contributed by atoms with Crippen molar-refractivity contribution in [3.8, 4) is 11.5 Å². The molecule has 0 aromatic heterocycles. The van der Waals surface area contributed by atoms with Crippen LogP contribution < -0.4 is 9.47 Å². The summed E-state index contributed by atoms with van der Waals surface area (Å²) in [5.41, 5.74) is 2.81. The molecule has 0 heterocycles. The highest BCUT2D eigenvalue weighted by Crippen LogP contribution is 2.32. The van der Waals surface area contributed by atoms with Crippen LogP contribution in [0.1, 0.15) is 59.7 Å². The van der Waals surface area contributed by atoms with Crippen LogP contribution in [-0.4, -0.2) is 18.9 Å². The molecule has 0 aliphatic rings. The molecule has 0 fully saturated rings. The van der Waals surface area contributed by atoms with Crippen LogP contribution in [0, 0.1) is 0 Å². The maximum absolute atomic E-state index is 12.7. The minimum Gasteiger partial charge on any atom is -0.489 e. The lowest BCUT2D eigenvalue weighted by molar-refractivity contribution is -0.118. The number of carbonyl (C=O) groups is 2. The van der Waals surface area contributed by atoms with Gasteiger partial charge in [-0.15, -0.1) is 0 Å². The molecule has 0 amide bonds.